The van der Waals surface area contributed by atoms with Gasteiger partial charge in [-0.05, 0) is 50.3 Å². The lowest BCUT2D eigenvalue weighted by molar-refractivity contribution is -0.151. The number of hydrogen-bond donors (Lipinski definition) is 0. The van der Waals surface area contributed by atoms with Crippen LogP contribution in [0.25, 0.3) is 0 Å². The fourth-order valence-electron chi connectivity index (χ4n) is 3.20. The summed E-state index contributed by atoms with van der Waals surface area (Å²) in [6.45, 7) is 1.86. The topological polar surface area (TPSA) is 43.4 Å². The molecule has 0 radical (unpaired) electrons. The highest BCUT2D eigenvalue weighted by Gasteiger charge is 2.57. The number of aryl methyl sites for hydroxylation is 1. The second-order valence-corrected chi connectivity index (χ2v) is 6.38. The van der Waals surface area contributed by atoms with Crippen LogP contribution in [-0.4, -0.2) is 17.4 Å². The molecule has 1 heterocycles. The van der Waals surface area contributed by atoms with Crippen molar-refractivity contribution in [1.82, 2.24) is 0 Å². The molecule has 1 aromatic rings. The third-order valence-corrected chi connectivity index (χ3v) is 4.79. The largest absolute Gasteiger partial charge is 0.450 e. The Morgan fingerprint density at radius 3 is 2.25 bits per heavy atom. The smallest absolute Gasteiger partial charge is 0.322 e. The summed E-state index contributed by atoms with van der Waals surface area (Å²) >= 11 is 12.4. The van der Waals surface area contributed by atoms with E-state index in [1.807, 2.05) is 6.92 Å². The van der Waals surface area contributed by atoms with Crippen LogP contribution in [0.1, 0.15) is 42.7 Å². The van der Waals surface area contributed by atoms with Gasteiger partial charge in [0.05, 0.1) is 0 Å². The predicted octanol–water partition coefficient (Wildman–Crippen LogP) is 3.82. The van der Waals surface area contributed by atoms with Crippen molar-refractivity contribution in [3.8, 4) is 0 Å². The molecular weight excluding hydrogens is 299 g/mol. The van der Waals surface area contributed by atoms with Crippen LogP contribution in [0.15, 0.2) is 12.1 Å². The summed E-state index contributed by atoms with van der Waals surface area (Å²) in [4.78, 5) is 24.8. The van der Waals surface area contributed by atoms with E-state index in [0.29, 0.717) is 28.5 Å². The Morgan fingerprint density at radius 2 is 1.70 bits per heavy atom. The van der Waals surface area contributed by atoms with Gasteiger partial charge in [-0.3, -0.25) is 9.59 Å². The zero-order chi connectivity index (χ0) is 14.5. The van der Waals surface area contributed by atoms with Gasteiger partial charge in [-0.15, -0.1) is 0 Å². The van der Waals surface area contributed by atoms with Gasteiger partial charge in [0.2, 0.25) is 0 Å². The van der Waals surface area contributed by atoms with Gasteiger partial charge in [-0.2, -0.15) is 0 Å². The number of rotatable bonds is 1. The minimum absolute atomic E-state index is 0.187. The van der Waals surface area contributed by atoms with Crippen molar-refractivity contribution in [2.45, 2.75) is 44.1 Å². The maximum Gasteiger partial charge on any atom is 0.322 e. The highest BCUT2D eigenvalue weighted by atomic mass is 35.5. The molecule has 0 aromatic heterocycles. The quantitative estimate of drug-likeness (QED) is 0.585. The summed E-state index contributed by atoms with van der Waals surface area (Å²) < 4.78 is 5.42. The number of halogens is 2. The fourth-order valence-corrected chi connectivity index (χ4v) is 4.02. The first-order chi connectivity index (χ1) is 9.44. The number of carbonyl (C=O) groups excluding carboxylic acids is 2. The van der Waals surface area contributed by atoms with Crippen LogP contribution in [-0.2, 0) is 14.3 Å². The van der Waals surface area contributed by atoms with Crippen molar-refractivity contribution in [2.24, 2.45) is 0 Å². The number of ether oxygens (including phenoxy) is 1. The summed E-state index contributed by atoms with van der Waals surface area (Å²) in [5.41, 5.74) is 0.343. The highest BCUT2D eigenvalue weighted by molar-refractivity contribution is 6.37. The number of carbonyl (C=O) groups is 2. The standard InChI is InChI=1S/C15H14Cl2O3/c1-8-6-9(16)11(10(17)7-8)12-13(18)15(20-14(12)19)4-2-3-5-15/h6-7,12H,2-5H2,1H3. The summed E-state index contributed by atoms with van der Waals surface area (Å²) in [7, 11) is 0. The molecule has 1 spiro atoms. The molecule has 0 amide bonds. The zero-order valence-corrected chi connectivity index (χ0v) is 12.6. The average molecular weight is 313 g/mol. The Morgan fingerprint density at radius 1 is 1.15 bits per heavy atom. The molecule has 1 aliphatic heterocycles. The van der Waals surface area contributed by atoms with Gasteiger partial charge in [-0.1, -0.05) is 23.2 Å². The van der Waals surface area contributed by atoms with E-state index in [4.69, 9.17) is 27.9 Å². The molecular formula is C15H14Cl2O3. The lowest BCUT2D eigenvalue weighted by Gasteiger charge is -2.19. The van der Waals surface area contributed by atoms with E-state index in [9.17, 15) is 9.59 Å². The number of Topliss-reactive ketones (excluding diaryl/α,β-unsaturated/α-hetero) is 1. The van der Waals surface area contributed by atoms with Crippen molar-refractivity contribution in [3.05, 3.63) is 33.3 Å². The Hall–Kier alpha value is -1.06. The maximum absolute atomic E-state index is 12.7. The minimum Gasteiger partial charge on any atom is -0.450 e. The molecule has 3 nitrogen and oxygen atoms in total. The Labute approximate surface area is 127 Å². The summed E-state index contributed by atoms with van der Waals surface area (Å²) in [6, 6.07) is 3.42. The van der Waals surface area contributed by atoms with Crippen molar-refractivity contribution in [1.29, 1.82) is 0 Å². The van der Waals surface area contributed by atoms with Gasteiger partial charge >= 0.3 is 5.97 Å². The third kappa shape index (κ3) is 1.95. The molecule has 1 aliphatic carbocycles. The van der Waals surface area contributed by atoms with Gasteiger partial charge in [0.25, 0.3) is 0 Å². The van der Waals surface area contributed by atoms with Crippen LogP contribution in [0.3, 0.4) is 0 Å². The molecule has 1 unspecified atom stereocenters. The van der Waals surface area contributed by atoms with E-state index in [-0.39, 0.29) is 5.78 Å². The minimum atomic E-state index is -0.978. The molecule has 0 N–H and O–H groups in total. The first-order valence-corrected chi connectivity index (χ1v) is 7.43. The van der Waals surface area contributed by atoms with E-state index in [1.165, 1.54) is 0 Å². The molecule has 1 saturated carbocycles. The van der Waals surface area contributed by atoms with Crippen LogP contribution in [0, 0.1) is 6.92 Å². The van der Waals surface area contributed by atoms with Gasteiger partial charge in [0.15, 0.2) is 11.4 Å². The molecule has 2 fully saturated rings. The first-order valence-electron chi connectivity index (χ1n) is 6.67. The third-order valence-electron chi connectivity index (χ3n) is 4.17. The summed E-state index contributed by atoms with van der Waals surface area (Å²) in [6.07, 6.45) is 3.02. The summed E-state index contributed by atoms with van der Waals surface area (Å²) in [5.74, 6) is -1.69. The molecule has 1 saturated heterocycles. The van der Waals surface area contributed by atoms with Crippen molar-refractivity contribution < 1.29 is 14.3 Å². The van der Waals surface area contributed by atoms with Crippen LogP contribution < -0.4 is 0 Å². The van der Waals surface area contributed by atoms with Crippen molar-refractivity contribution in [3.63, 3.8) is 0 Å². The van der Waals surface area contributed by atoms with E-state index in [2.05, 4.69) is 0 Å². The maximum atomic E-state index is 12.7. The predicted molar refractivity (Wildman–Crippen MR) is 76.2 cm³/mol. The van der Waals surface area contributed by atoms with Gasteiger partial charge in [0.1, 0.15) is 5.92 Å². The van der Waals surface area contributed by atoms with E-state index < -0.39 is 17.5 Å². The second kappa shape index (κ2) is 4.74. The van der Waals surface area contributed by atoms with Crippen LogP contribution in [0.2, 0.25) is 10.0 Å². The molecule has 1 atom stereocenters. The Balaban J connectivity index is 2.07. The fraction of sp³-hybridized carbons (Fsp3) is 0.467. The van der Waals surface area contributed by atoms with Crippen molar-refractivity contribution >= 4 is 35.0 Å². The SMILES string of the molecule is Cc1cc(Cl)c(C2C(=O)OC3(CCCC3)C2=O)c(Cl)c1. The normalized spacial score (nSPS) is 24.4. The molecule has 0 bridgehead atoms. The first kappa shape index (κ1) is 13.9. The zero-order valence-electron chi connectivity index (χ0n) is 11.0. The lowest BCUT2D eigenvalue weighted by atomic mass is 9.86. The number of esters is 1. The number of ketones is 1. The second-order valence-electron chi connectivity index (χ2n) is 5.56. The van der Waals surface area contributed by atoms with E-state index in [1.54, 1.807) is 12.1 Å². The van der Waals surface area contributed by atoms with Crippen LogP contribution in [0.5, 0.6) is 0 Å². The molecule has 2 aliphatic rings. The van der Waals surface area contributed by atoms with E-state index in [0.717, 1.165) is 18.4 Å². The summed E-state index contributed by atoms with van der Waals surface area (Å²) in [5, 5.41) is 0.695. The van der Waals surface area contributed by atoms with E-state index >= 15 is 0 Å². The molecule has 5 heteroatoms. The van der Waals surface area contributed by atoms with Gasteiger partial charge < -0.3 is 4.74 Å². The Bertz CT molecular complexity index is 580. The molecule has 106 valence electrons. The van der Waals surface area contributed by atoms with Crippen LogP contribution in [0.4, 0.5) is 0 Å². The average Bonchev–Trinajstić information content (AvgIpc) is 2.89. The van der Waals surface area contributed by atoms with Crippen molar-refractivity contribution in [2.75, 3.05) is 0 Å². The van der Waals surface area contributed by atoms with Gasteiger partial charge in [-0.25, -0.2) is 0 Å². The Kier molecular flexibility index (Phi) is 3.30. The molecule has 1 aromatic carbocycles. The monoisotopic (exact) mass is 312 g/mol. The molecule has 3 rings (SSSR count). The molecule has 20 heavy (non-hydrogen) atoms. The number of benzene rings is 1. The number of hydrogen-bond acceptors (Lipinski definition) is 3. The van der Waals surface area contributed by atoms with Crippen LogP contribution >= 0.6 is 23.2 Å². The van der Waals surface area contributed by atoms with Gasteiger partial charge in [0, 0.05) is 15.6 Å². The lowest BCUT2D eigenvalue weighted by Crippen LogP contribution is -2.33. The highest BCUT2D eigenvalue weighted by Crippen LogP contribution is 2.47.